The first-order valence-corrected chi connectivity index (χ1v) is 11.1. The highest BCUT2D eigenvalue weighted by molar-refractivity contribution is 6.00. The lowest BCUT2D eigenvalue weighted by Gasteiger charge is -2.50. The molecule has 3 fully saturated rings. The highest BCUT2D eigenvalue weighted by atomic mass is 16.7. The maximum absolute atomic E-state index is 13.4. The van der Waals surface area contributed by atoms with Crippen LogP contribution in [0.15, 0.2) is 46.8 Å². The molecule has 0 amide bonds. The normalized spacial score (nSPS) is 45.9. The first-order chi connectivity index (χ1) is 15.1. The van der Waals surface area contributed by atoms with Crippen LogP contribution in [0.1, 0.15) is 52.2 Å². The molecule has 2 unspecified atom stereocenters. The molecule has 0 radical (unpaired) electrons. The third-order valence-electron chi connectivity index (χ3n) is 8.80. The zero-order valence-electron chi connectivity index (χ0n) is 18.5. The van der Waals surface area contributed by atoms with E-state index in [1.54, 1.807) is 32.4 Å². The lowest BCUT2D eigenvalue weighted by molar-refractivity contribution is -0.162. The van der Waals surface area contributed by atoms with E-state index in [0.29, 0.717) is 0 Å². The van der Waals surface area contributed by atoms with E-state index < -0.39 is 46.1 Å². The number of ether oxygens (including phenoxy) is 3. The standard InChI is InChI=1S/C25H26O7/c1-22(2)25-20(32-25)16(26)11-14-15(24(25,4)9-6-17(27)31-22)5-8-23(3)18(14)21(28)30-19(23)13-7-10-29-12-13/h6-7,9-12,15,18-20H,5,8H2,1-4H3/t15?,18?,19-,20+,23+,24+,25+/m0/s1. The van der Waals surface area contributed by atoms with Crippen LogP contribution in [0.3, 0.4) is 0 Å². The van der Waals surface area contributed by atoms with Gasteiger partial charge < -0.3 is 18.6 Å². The maximum atomic E-state index is 13.4. The molecule has 0 aromatic carbocycles. The summed E-state index contributed by atoms with van der Waals surface area (Å²) < 4.78 is 23.0. The molecule has 6 rings (SSSR count). The van der Waals surface area contributed by atoms with Gasteiger partial charge in [-0.05, 0) is 50.3 Å². The first-order valence-electron chi connectivity index (χ1n) is 11.1. The Morgan fingerprint density at radius 1 is 1.06 bits per heavy atom. The summed E-state index contributed by atoms with van der Waals surface area (Å²) in [5.74, 6) is -1.67. The molecule has 1 saturated carbocycles. The molecule has 168 valence electrons. The van der Waals surface area contributed by atoms with Crippen LogP contribution in [0.4, 0.5) is 0 Å². The lowest BCUT2D eigenvalue weighted by Crippen LogP contribution is -2.57. The second-order valence-corrected chi connectivity index (χ2v) is 10.7. The van der Waals surface area contributed by atoms with Crippen molar-refractivity contribution in [1.82, 2.24) is 0 Å². The van der Waals surface area contributed by atoms with E-state index in [0.717, 1.165) is 24.0 Å². The second kappa shape index (κ2) is 5.81. The molecule has 0 bridgehead atoms. The predicted molar refractivity (Wildman–Crippen MR) is 110 cm³/mol. The van der Waals surface area contributed by atoms with Gasteiger partial charge in [-0.25, -0.2) is 4.79 Å². The number of epoxide rings is 1. The Balaban J connectivity index is 1.51. The van der Waals surface area contributed by atoms with E-state index in [-0.39, 0.29) is 17.7 Å². The fraction of sp³-hybridized carbons (Fsp3) is 0.560. The summed E-state index contributed by atoms with van der Waals surface area (Å²) in [7, 11) is 0. The summed E-state index contributed by atoms with van der Waals surface area (Å²) in [5.41, 5.74) is -1.59. The average Bonchev–Trinajstić information content (AvgIpc) is 3.23. The van der Waals surface area contributed by atoms with Gasteiger partial charge in [0.05, 0.1) is 18.4 Å². The van der Waals surface area contributed by atoms with Gasteiger partial charge in [0, 0.05) is 22.5 Å². The summed E-state index contributed by atoms with van der Waals surface area (Å²) in [6, 6.07) is 1.82. The van der Waals surface area contributed by atoms with Crippen molar-refractivity contribution in [3.05, 3.63) is 48.0 Å². The fourth-order valence-corrected chi connectivity index (χ4v) is 7.32. The molecular formula is C25H26O7. The monoisotopic (exact) mass is 438 g/mol. The quantitative estimate of drug-likeness (QED) is 0.489. The van der Waals surface area contributed by atoms with Crippen molar-refractivity contribution in [2.24, 2.45) is 22.7 Å². The lowest BCUT2D eigenvalue weighted by atomic mass is 9.51. The predicted octanol–water partition coefficient (Wildman–Crippen LogP) is 3.45. The molecule has 3 aliphatic heterocycles. The van der Waals surface area contributed by atoms with Gasteiger partial charge in [0.1, 0.15) is 11.7 Å². The minimum absolute atomic E-state index is 0.169. The number of hydrogen-bond acceptors (Lipinski definition) is 7. The van der Waals surface area contributed by atoms with E-state index in [1.807, 2.05) is 19.1 Å². The van der Waals surface area contributed by atoms with Crippen LogP contribution in [0, 0.1) is 22.7 Å². The van der Waals surface area contributed by atoms with Crippen molar-refractivity contribution >= 4 is 17.7 Å². The summed E-state index contributed by atoms with van der Waals surface area (Å²) in [5, 5.41) is 0. The Kier molecular flexibility index (Phi) is 3.63. The summed E-state index contributed by atoms with van der Waals surface area (Å²) in [6.45, 7) is 7.70. The Morgan fingerprint density at radius 3 is 2.56 bits per heavy atom. The second-order valence-electron chi connectivity index (χ2n) is 10.7. The highest BCUT2D eigenvalue weighted by Gasteiger charge is 2.80. The van der Waals surface area contributed by atoms with Crippen LogP contribution in [0.5, 0.6) is 0 Å². The number of esters is 2. The Bertz CT molecular complexity index is 1110. The van der Waals surface area contributed by atoms with Crippen LogP contribution in [0.25, 0.3) is 0 Å². The van der Waals surface area contributed by atoms with Crippen molar-refractivity contribution in [3.63, 3.8) is 0 Å². The molecule has 7 nitrogen and oxygen atoms in total. The molecule has 2 aliphatic carbocycles. The van der Waals surface area contributed by atoms with E-state index >= 15 is 0 Å². The number of ketones is 1. The van der Waals surface area contributed by atoms with Crippen LogP contribution in [-0.4, -0.2) is 35.0 Å². The molecule has 7 atom stereocenters. The number of fused-ring (bicyclic) bond motifs is 4. The highest BCUT2D eigenvalue weighted by Crippen LogP contribution is 2.70. The summed E-state index contributed by atoms with van der Waals surface area (Å²) in [6.07, 6.45) is 8.39. The molecule has 1 spiro atoms. The number of carbonyl (C=O) groups excluding carboxylic acids is 3. The minimum atomic E-state index is -1.01. The van der Waals surface area contributed by atoms with E-state index in [4.69, 9.17) is 18.6 Å². The average molecular weight is 438 g/mol. The Hall–Kier alpha value is -2.67. The van der Waals surface area contributed by atoms with Crippen LogP contribution >= 0.6 is 0 Å². The third-order valence-corrected chi connectivity index (χ3v) is 8.80. The smallest absolute Gasteiger partial charge is 0.331 e. The topological polar surface area (TPSA) is 95.3 Å². The largest absolute Gasteiger partial charge is 0.472 e. The summed E-state index contributed by atoms with van der Waals surface area (Å²) >= 11 is 0. The fourth-order valence-electron chi connectivity index (χ4n) is 7.32. The SMILES string of the molecule is CC1(C)OC(=O)C=C[C@]2(C)C3CC[C@]4(C)C(C(=O)O[C@H]4c4ccoc4)C3=CC(=O)[C@H]3O[C@]312. The molecule has 2 saturated heterocycles. The zero-order chi connectivity index (χ0) is 22.7. The van der Waals surface area contributed by atoms with Gasteiger partial charge in [0.2, 0.25) is 0 Å². The van der Waals surface area contributed by atoms with E-state index in [9.17, 15) is 14.4 Å². The molecule has 0 N–H and O–H groups in total. The molecule has 7 heteroatoms. The maximum Gasteiger partial charge on any atom is 0.331 e. The third kappa shape index (κ3) is 2.13. The van der Waals surface area contributed by atoms with Crippen molar-refractivity contribution in [2.75, 3.05) is 0 Å². The first kappa shape index (κ1) is 20.0. The molecule has 1 aromatic heterocycles. The van der Waals surface area contributed by atoms with Gasteiger partial charge in [-0.1, -0.05) is 19.9 Å². The molecule has 5 aliphatic rings. The van der Waals surface area contributed by atoms with E-state index in [2.05, 4.69) is 6.92 Å². The van der Waals surface area contributed by atoms with Crippen molar-refractivity contribution in [2.45, 2.75) is 63.9 Å². The Labute approximate surface area is 185 Å². The molecule has 4 heterocycles. The van der Waals surface area contributed by atoms with Crippen molar-refractivity contribution < 1.29 is 33.0 Å². The summed E-state index contributed by atoms with van der Waals surface area (Å²) in [4.78, 5) is 39.0. The number of rotatable bonds is 1. The van der Waals surface area contributed by atoms with Crippen LogP contribution < -0.4 is 0 Å². The van der Waals surface area contributed by atoms with Crippen molar-refractivity contribution in [3.8, 4) is 0 Å². The van der Waals surface area contributed by atoms with Gasteiger partial charge >= 0.3 is 11.9 Å². The number of hydrogen-bond donors (Lipinski definition) is 0. The molecular weight excluding hydrogens is 412 g/mol. The number of carbonyl (C=O) groups is 3. The van der Waals surface area contributed by atoms with Gasteiger partial charge in [-0.2, -0.15) is 0 Å². The number of furan rings is 1. The molecule has 1 aromatic rings. The van der Waals surface area contributed by atoms with Gasteiger partial charge in [-0.3, -0.25) is 9.59 Å². The van der Waals surface area contributed by atoms with Crippen LogP contribution in [0.2, 0.25) is 0 Å². The van der Waals surface area contributed by atoms with Crippen molar-refractivity contribution in [1.29, 1.82) is 0 Å². The van der Waals surface area contributed by atoms with Gasteiger partial charge in [0.25, 0.3) is 0 Å². The minimum Gasteiger partial charge on any atom is -0.472 e. The number of cyclic esters (lactones) is 2. The van der Waals surface area contributed by atoms with Gasteiger partial charge in [0.15, 0.2) is 17.5 Å². The van der Waals surface area contributed by atoms with Gasteiger partial charge in [-0.15, -0.1) is 0 Å². The Morgan fingerprint density at radius 2 is 1.84 bits per heavy atom. The zero-order valence-corrected chi connectivity index (χ0v) is 18.5. The molecule has 32 heavy (non-hydrogen) atoms. The van der Waals surface area contributed by atoms with Crippen LogP contribution in [-0.2, 0) is 28.6 Å². The van der Waals surface area contributed by atoms with E-state index in [1.165, 1.54) is 6.08 Å².